The maximum absolute atomic E-state index is 12.3. The standard InChI is InChI=1S/C22H27N3O4/c1-28-19-10-7-16(14-20(19)29-2)18-4-3-12-25(18)13-11-21(26)24-17-8-5-15(6-9-17)22(23)27/h5-10,14,18H,3-4,11-13H2,1-2H3,(H2,23,27)(H,24,26). The van der Waals surface area contributed by atoms with E-state index in [1.807, 2.05) is 12.1 Å². The van der Waals surface area contributed by atoms with E-state index in [1.54, 1.807) is 38.5 Å². The fraction of sp³-hybridized carbons (Fsp3) is 0.364. The second-order valence-electron chi connectivity index (χ2n) is 7.05. The van der Waals surface area contributed by atoms with Gasteiger partial charge in [-0.1, -0.05) is 6.07 Å². The second-order valence-corrected chi connectivity index (χ2v) is 7.05. The highest BCUT2D eigenvalue weighted by Crippen LogP contribution is 2.36. The third-order valence-electron chi connectivity index (χ3n) is 5.24. The number of carbonyl (C=O) groups is 2. The lowest BCUT2D eigenvalue weighted by Crippen LogP contribution is -2.27. The number of nitrogens with two attached hydrogens (primary N) is 1. The van der Waals surface area contributed by atoms with Crippen LogP contribution in [0.3, 0.4) is 0 Å². The predicted molar refractivity (Wildman–Crippen MR) is 111 cm³/mol. The number of hydrogen-bond donors (Lipinski definition) is 2. The molecule has 0 saturated carbocycles. The number of anilines is 1. The van der Waals surface area contributed by atoms with Crippen molar-refractivity contribution in [3.05, 3.63) is 53.6 Å². The first-order valence-electron chi connectivity index (χ1n) is 9.67. The molecule has 29 heavy (non-hydrogen) atoms. The van der Waals surface area contributed by atoms with Crippen molar-refractivity contribution in [2.75, 3.05) is 32.6 Å². The van der Waals surface area contributed by atoms with E-state index in [2.05, 4.69) is 16.3 Å². The molecule has 1 heterocycles. The minimum atomic E-state index is -0.488. The van der Waals surface area contributed by atoms with Crippen molar-refractivity contribution in [3.8, 4) is 11.5 Å². The van der Waals surface area contributed by atoms with Gasteiger partial charge in [-0.25, -0.2) is 0 Å². The van der Waals surface area contributed by atoms with Crippen LogP contribution in [0.2, 0.25) is 0 Å². The lowest BCUT2D eigenvalue weighted by molar-refractivity contribution is -0.116. The Bertz CT molecular complexity index is 867. The largest absolute Gasteiger partial charge is 0.493 e. The summed E-state index contributed by atoms with van der Waals surface area (Å²) < 4.78 is 10.7. The van der Waals surface area contributed by atoms with Crippen LogP contribution in [0.25, 0.3) is 0 Å². The summed E-state index contributed by atoms with van der Waals surface area (Å²) in [6.45, 7) is 1.63. The van der Waals surface area contributed by atoms with E-state index in [0.717, 1.165) is 19.4 Å². The van der Waals surface area contributed by atoms with Crippen molar-refractivity contribution < 1.29 is 19.1 Å². The Morgan fingerprint density at radius 3 is 2.48 bits per heavy atom. The molecule has 154 valence electrons. The summed E-state index contributed by atoms with van der Waals surface area (Å²) in [5.41, 5.74) is 7.47. The van der Waals surface area contributed by atoms with E-state index in [0.29, 0.717) is 35.7 Å². The van der Waals surface area contributed by atoms with Crippen molar-refractivity contribution in [1.82, 2.24) is 4.90 Å². The fourth-order valence-corrected chi connectivity index (χ4v) is 3.72. The molecule has 1 unspecified atom stereocenters. The fourth-order valence-electron chi connectivity index (χ4n) is 3.72. The van der Waals surface area contributed by atoms with Crippen molar-refractivity contribution in [2.45, 2.75) is 25.3 Å². The first kappa shape index (κ1) is 20.7. The molecule has 1 fully saturated rings. The smallest absolute Gasteiger partial charge is 0.248 e. The molecule has 0 bridgehead atoms. The Morgan fingerprint density at radius 2 is 1.83 bits per heavy atom. The van der Waals surface area contributed by atoms with Crippen LogP contribution >= 0.6 is 0 Å². The third kappa shape index (κ3) is 5.06. The van der Waals surface area contributed by atoms with Gasteiger partial charge in [0.1, 0.15) is 0 Å². The summed E-state index contributed by atoms with van der Waals surface area (Å²) >= 11 is 0. The Kier molecular flexibility index (Phi) is 6.72. The zero-order valence-electron chi connectivity index (χ0n) is 16.8. The predicted octanol–water partition coefficient (Wildman–Crippen LogP) is 2.97. The number of likely N-dealkylation sites (tertiary alicyclic amines) is 1. The molecule has 0 aliphatic carbocycles. The van der Waals surface area contributed by atoms with Gasteiger partial charge in [0.25, 0.3) is 0 Å². The normalized spacial score (nSPS) is 16.4. The molecule has 2 aromatic rings. The molecule has 7 heteroatoms. The third-order valence-corrected chi connectivity index (χ3v) is 5.24. The summed E-state index contributed by atoms with van der Waals surface area (Å²) in [7, 11) is 3.26. The molecule has 7 nitrogen and oxygen atoms in total. The number of hydrogen-bond acceptors (Lipinski definition) is 5. The Labute approximate surface area is 170 Å². The molecule has 2 amide bonds. The molecule has 0 aromatic heterocycles. The van der Waals surface area contributed by atoms with Gasteiger partial charge in [-0.3, -0.25) is 14.5 Å². The number of carbonyl (C=O) groups excluding carboxylic acids is 2. The number of nitrogens with one attached hydrogen (secondary N) is 1. The van der Waals surface area contributed by atoms with E-state index in [-0.39, 0.29) is 11.9 Å². The summed E-state index contributed by atoms with van der Waals surface area (Å²) in [5, 5.41) is 2.87. The first-order valence-corrected chi connectivity index (χ1v) is 9.67. The number of amides is 2. The lowest BCUT2D eigenvalue weighted by atomic mass is 10.0. The van der Waals surface area contributed by atoms with E-state index >= 15 is 0 Å². The monoisotopic (exact) mass is 397 g/mol. The zero-order valence-corrected chi connectivity index (χ0v) is 16.8. The van der Waals surface area contributed by atoms with Gasteiger partial charge in [-0.05, 0) is 61.3 Å². The van der Waals surface area contributed by atoms with E-state index in [4.69, 9.17) is 15.2 Å². The number of benzene rings is 2. The second kappa shape index (κ2) is 9.43. The van der Waals surface area contributed by atoms with Crippen LogP contribution in [0.1, 0.15) is 41.2 Å². The van der Waals surface area contributed by atoms with Crippen LogP contribution in [0.5, 0.6) is 11.5 Å². The van der Waals surface area contributed by atoms with Gasteiger partial charge < -0.3 is 20.5 Å². The maximum Gasteiger partial charge on any atom is 0.248 e. The summed E-state index contributed by atoms with van der Waals surface area (Å²) in [6, 6.07) is 12.8. The van der Waals surface area contributed by atoms with E-state index in [1.165, 1.54) is 5.56 Å². The van der Waals surface area contributed by atoms with Crippen LogP contribution < -0.4 is 20.5 Å². The highest BCUT2D eigenvalue weighted by molar-refractivity contribution is 5.94. The van der Waals surface area contributed by atoms with Crippen molar-refractivity contribution in [1.29, 1.82) is 0 Å². The molecular weight excluding hydrogens is 370 g/mol. The molecule has 3 rings (SSSR count). The maximum atomic E-state index is 12.3. The molecule has 1 saturated heterocycles. The molecule has 0 radical (unpaired) electrons. The van der Waals surface area contributed by atoms with Gasteiger partial charge in [0, 0.05) is 30.3 Å². The average Bonchev–Trinajstić information content (AvgIpc) is 3.20. The van der Waals surface area contributed by atoms with E-state index < -0.39 is 5.91 Å². The first-order chi connectivity index (χ1) is 14.0. The van der Waals surface area contributed by atoms with Gasteiger partial charge in [-0.15, -0.1) is 0 Å². The van der Waals surface area contributed by atoms with Crippen LogP contribution in [-0.4, -0.2) is 44.0 Å². The quantitative estimate of drug-likeness (QED) is 0.714. The minimum absolute atomic E-state index is 0.0604. The van der Waals surface area contributed by atoms with Crippen LogP contribution in [-0.2, 0) is 4.79 Å². The number of nitrogens with zero attached hydrogens (tertiary/aromatic N) is 1. The molecular formula is C22H27N3O4. The van der Waals surface area contributed by atoms with Gasteiger partial charge >= 0.3 is 0 Å². The summed E-state index contributed by atoms with van der Waals surface area (Å²) in [5.74, 6) is 0.879. The average molecular weight is 397 g/mol. The molecule has 0 spiro atoms. The van der Waals surface area contributed by atoms with Gasteiger partial charge in [-0.2, -0.15) is 0 Å². The number of methoxy groups -OCH3 is 2. The number of rotatable bonds is 8. The summed E-state index contributed by atoms with van der Waals surface area (Å²) in [6.07, 6.45) is 2.53. The Morgan fingerprint density at radius 1 is 1.10 bits per heavy atom. The highest BCUT2D eigenvalue weighted by Gasteiger charge is 2.27. The van der Waals surface area contributed by atoms with Gasteiger partial charge in [0.15, 0.2) is 11.5 Å². The number of primary amides is 1. The zero-order chi connectivity index (χ0) is 20.8. The van der Waals surface area contributed by atoms with E-state index in [9.17, 15) is 9.59 Å². The SMILES string of the molecule is COc1ccc(C2CCCN2CCC(=O)Nc2ccc(C(N)=O)cc2)cc1OC. The summed E-state index contributed by atoms with van der Waals surface area (Å²) in [4.78, 5) is 25.8. The van der Waals surface area contributed by atoms with Gasteiger partial charge in [0.05, 0.1) is 14.2 Å². The Hall–Kier alpha value is -3.06. The minimum Gasteiger partial charge on any atom is -0.493 e. The number of ether oxygens (including phenoxy) is 2. The molecule has 3 N–H and O–H groups in total. The van der Waals surface area contributed by atoms with Crippen molar-refractivity contribution in [2.24, 2.45) is 5.73 Å². The van der Waals surface area contributed by atoms with Crippen LogP contribution in [0.15, 0.2) is 42.5 Å². The van der Waals surface area contributed by atoms with Gasteiger partial charge in [0.2, 0.25) is 11.8 Å². The lowest BCUT2D eigenvalue weighted by Gasteiger charge is -2.25. The molecule has 1 atom stereocenters. The molecule has 1 aliphatic rings. The topological polar surface area (TPSA) is 93.9 Å². The Balaban J connectivity index is 1.58. The van der Waals surface area contributed by atoms with Crippen molar-refractivity contribution in [3.63, 3.8) is 0 Å². The van der Waals surface area contributed by atoms with Crippen LogP contribution in [0.4, 0.5) is 5.69 Å². The molecule has 1 aliphatic heterocycles. The highest BCUT2D eigenvalue weighted by atomic mass is 16.5. The van der Waals surface area contributed by atoms with Crippen molar-refractivity contribution >= 4 is 17.5 Å². The van der Waals surface area contributed by atoms with Crippen LogP contribution in [0, 0.1) is 0 Å². The molecule has 2 aromatic carbocycles.